The summed E-state index contributed by atoms with van der Waals surface area (Å²) in [6, 6.07) is 0. The normalized spacial score (nSPS) is 31.3. The first-order chi connectivity index (χ1) is 6.86. The Bertz CT molecular complexity index is 122. The Labute approximate surface area is 87.3 Å². The summed E-state index contributed by atoms with van der Waals surface area (Å²) in [5.41, 5.74) is 0. The van der Waals surface area contributed by atoms with E-state index in [1.165, 1.54) is 38.5 Å². The lowest BCUT2D eigenvalue weighted by Crippen LogP contribution is -2.11. The van der Waals surface area contributed by atoms with Crippen molar-refractivity contribution in [2.45, 2.75) is 51.4 Å². The zero-order valence-electron chi connectivity index (χ0n) is 9.12. The van der Waals surface area contributed by atoms with Gasteiger partial charge in [0, 0.05) is 13.2 Å². The molecule has 2 heteroatoms. The molecule has 1 saturated carbocycles. The maximum Gasteiger partial charge on any atom is 0.0459 e. The van der Waals surface area contributed by atoms with Crippen LogP contribution in [0.5, 0.6) is 0 Å². The van der Waals surface area contributed by atoms with E-state index in [1.807, 2.05) is 0 Å². The Kier molecular flexibility index (Phi) is 6.20. The molecular formula is C12H24O2. The Morgan fingerprint density at radius 2 is 1.07 bits per heavy atom. The lowest BCUT2D eigenvalue weighted by molar-refractivity contribution is 0.177. The number of aliphatic hydroxyl groups is 2. The maximum atomic E-state index is 9.14. The van der Waals surface area contributed by atoms with Crippen molar-refractivity contribution in [3.05, 3.63) is 0 Å². The Hall–Kier alpha value is -0.0800. The van der Waals surface area contributed by atoms with Gasteiger partial charge in [0.2, 0.25) is 0 Å². The molecule has 1 aliphatic carbocycles. The van der Waals surface area contributed by atoms with E-state index in [0.29, 0.717) is 25.0 Å². The molecule has 0 amide bonds. The SMILES string of the molecule is OCC1CCCCCC(CO)CCC1. The quantitative estimate of drug-likeness (QED) is 0.718. The molecule has 2 nitrogen and oxygen atoms in total. The van der Waals surface area contributed by atoms with Crippen molar-refractivity contribution in [3.63, 3.8) is 0 Å². The molecule has 0 aliphatic heterocycles. The number of rotatable bonds is 2. The molecule has 1 fully saturated rings. The third-order valence-electron chi connectivity index (χ3n) is 3.47. The van der Waals surface area contributed by atoms with Crippen LogP contribution in [0.4, 0.5) is 0 Å². The van der Waals surface area contributed by atoms with Gasteiger partial charge in [-0.2, -0.15) is 0 Å². The van der Waals surface area contributed by atoms with E-state index < -0.39 is 0 Å². The predicted molar refractivity (Wildman–Crippen MR) is 58.1 cm³/mol. The molecule has 2 atom stereocenters. The van der Waals surface area contributed by atoms with Gasteiger partial charge in [-0.05, 0) is 37.5 Å². The van der Waals surface area contributed by atoms with Crippen molar-refractivity contribution in [1.82, 2.24) is 0 Å². The summed E-state index contributed by atoms with van der Waals surface area (Å²) in [6.45, 7) is 0.702. The van der Waals surface area contributed by atoms with Crippen LogP contribution in [0, 0.1) is 11.8 Å². The minimum absolute atomic E-state index is 0.351. The smallest absolute Gasteiger partial charge is 0.0459 e. The first-order valence-electron chi connectivity index (χ1n) is 6.08. The van der Waals surface area contributed by atoms with E-state index in [9.17, 15) is 0 Å². The molecular weight excluding hydrogens is 176 g/mol. The van der Waals surface area contributed by atoms with Gasteiger partial charge in [-0.25, -0.2) is 0 Å². The molecule has 0 saturated heterocycles. The van der Waals surface area contributed by atoms with Crippen LogP contribution in [0.2, 0.25) is 0 Å². The summed E-state index contributed by atoms with van der Waals surface area (Å²) in [7, 11) is 0. The molecule has 0 radical (unpaired) electrons. The highest BCUT2D eigenvalue weighted by atomic mass is 16.3. The van der Waals surface area contributed by atoms with Crippen LogP contribution in [-0.2, 0) is 0 Å². The monoisotopic (exact) mass is 200 g/mol. The van der Waals surface area contributed by atoms with Crippen LogP contribution < -0.4 is 0 Å². The zero-order chi connectivity index (χ0) is 10.2. The van der Waals surface area contributed by atoms with Crippen molar-refractivity contribution < 1.29 is 10.2 Å². The third kappa shape index (κ3) is 4.43. The largest absolute Gasteiger partial charge is 0.396 e. The lowest BCUT2D eigenvalue weighted by atomic mass is 9.88. The summed E-state index contributed by atoms with van der Waals surface area (Å²) in [6.07, 6.45) is 9.64. The number of hydrogen-bond donors (Lipinski definition) is 2. The Balaban J connectivity index is 2.29. The van der Waals surface area contributed by atoms with Gasteiger partial charge in [-0.1, -0.05) is 25.7 Å². The lowest BCUT2D eigenvalue weighted by Gasteiger charge is -2.19. The minimum atomic E-state index is 0.351. The number of aliphatic hydroxyl groups excluding tert-OH is 2. The second kappa shape index (κ2) is 7.24. The summed E-state index contributed by atoms with van der Waals surface area (Å²) < 4.78 is 0. The van der Waals surface area contributed by atoms with Crippen LogP contribution in [0.15, 0.2) is 0 Å². The fourth-order valence-corrected chi connectivity index (χ4v) is 2.39. The first kappa shape index (κ1) is 12.0. The van der Waals surface area contributed by atoms with E-state index in [4.69, 9.17) is 10.2 Å². The van der Waals surface area contributed by atoms with Crippen LogP contribution in [0.3, 0.4) is 0 Å². The molecule has 0 aromatic rings. The first-order valence-corrected chi connectivity index (χ1v) is 6.08. The van der Waals surface area contributed by atoms with Crippen LogP contribution in [-0.4, -0.2) is 23.4 Å². The third-order valence-corrected chi connectivity index (χ3v) is 3.47. The van der Waals surface area contributed by atoms with E-state index in [-0.39, 0.29) is 0 Å². The molecule has 0 aromatic heterocycles. The van der Waals surface area contributed by atoms with Gasteiger partial charge >= 0.3 is 0 Å². The predicted octanol–water partition coefficient (Wildman–Crippen LogP) is 2.34. The Morgan fingerprint density at radius 1 is 0.643 bits per heavy atom. The molecule has 2 unspecified atom stereocenters. The highest BCUT2D eigenvalue weighted by Gasteiger charge is 2.13. The van der Waals surface area contributed by atoms with Gasteiger partial charge in [-0.3, -0.25) is 0 Å². The van der Waals surface area contributed by atoms with Crippen molar-refractivity contribution in [2.75, 3.05) is 13.2 Å². The summed E-state index contributed by atoms with van der Waals surface area (Å²) in [5.74, 6) is 1.04. The molecule has 0 bridgehead atoms. The van der Waals surface area contributed by atoms with Gasteiger partial charge in [0.05, 0.1) is 0 Å². The van der Waals surface area contributed by atoms with E-state index in [2.05, 4.69) is 0 Å². The molecule has 84 valence electrons. The fraction of sp³-hybridized carbons (Fsp3) is 1.00. The van der Waals surface area contributed by atoms with Crippen molar-refractivity contribution >= 4 is 0 Å². The minimum Gasteiger partial charge on any atom is -0.396 e. The van der Waals surface area contributed by atoms with Crippen molar-refractivity contribution in [2.24, 2.45) is 11.8 Å². The standard InChI is InChI=1S/C12H24O2/c13-9-11-5-2-1-3-6-12(10-14)8-4-7-11/h11-14H,1-10H2. The maximum absolute atomic E-state index is 9.14. The van der Waals surface area contributed by atoms with Crippen molar-refractivity contribution in [3.8, 4) is 0 Å². The summed E-state index contributed by atoms with van der Waals surface area (Å²) >= 11 is 0. The highest BCUT2D eigenvalue weighted by molar-refractivity contribution is 4.65. The van der Waals surface area contributed by atoms with E-state index in [1.54, 1.807) is 0 Å². The summed E-state index contributed by atoms with van der Waals surface area (Å²) in [4.78, 5) is 0. The van der Waals surface area contributed by atoms with Crippen LogP contribution >= 0.6 is 0 Å². The summed E-state index contributed by atoms with van der Waals surface area (Å²) in [5, 5.41) is 18.3. The van der Waals surface area contributed by atoms with Crippen LogP contribution in [0.25, 0.3) is 0 Å². The van der Waals surface area contributed by atoms with Crippen LogP contribution in [0.1, 0.15) is 51.4 Å². The molecule has 2 N–H and O–H groups in total. The van der Waals surface area contributed by atoms with Gasteiger partial charge in [-0.15, -0.1) is 0 Å². The second-order valence-electron chi connectivity index (χ2n) is 4.67. The van der Waals surface area contributed by atoms with Gasteiger partial charge in [0.25, 0.3) is 0 Å². The molecule has 1 aliphatic rings. The topological polar surface area (TPSA) is 40.5 Å². The van der Waals surface area contributed by atoms with E-state index in [0.717, 1.165) is 12.8 Å². The Morgan fingerprint density at radius 3 is 1.50 bits per heavy atom. The number of hydrogen-bond acceptors (Lipinski definition) is 2. The zero-order valence-corrected chi connectivity index (χ0v) is 9.12. The second-order valence-corrected chi connectivity index (χ2v) is 4.67. The van der Waals surface area contributed by atoms with E-state index >= 15 is 0 Å². The average molecular weight is 200 g/mol. The van der Waals surface area contributed by atoms with Gasteiger partial charge < -0.3 is 10.2 Å². The fourth-order valence-electron chi connectivity index (χ4n) is 2.39. The molecule has 14 heavy (non-hydrogen) atoms. The van der Waals surface area contributed by atoms with Gasteiger partial charge in [0.15, 0.2) is 0 Å². The van der Waals surface area contributed by atoms with Gasteiger partial charge in [0.1, 0.15) is 0 Å². The molecule has 1 rings (SSSR count). The highest BCUT2D eigenvalue weighted by Crippen LogP contribution is 2.23. The average Bonchev–Trinajstić information content (AvgIpc) is 2.24. The van der Waals surface area contributed by atoms with Crippen molar-refractivity contribution in [1.29, 1.82) is 0 Å². The molecule has 0 aromatic carbocycles. The molecule has 0 heterocycles. The molecule has 0 spiro atoms.